The first kappa shape index (κ1) is 11.1. The van der Waals surface area contributed by atoms with E-state index in [1.165, 1.54) is 12.2 Å². The van der Waals surface area contributed by atoms with Crippen molar-refractivity contribution in [1.29, 1.82) is 0 Å². The Kier molecular flexibility index (Phi) is 3.35. The Hall–Kier alpha value is -1.95. The van der Waals surface area contributed by atoms with Gasteiger partial charge in [0.15, 0.2) is 5.82 Å². The number of nitro groups is 1. The molecule has 15 heavy (non-hydrogen) atoms. The zero-order valence-electron chi connectivity index (χ0n) is 7.55. The lowest BCUT2D eigenvalue weighted by Gasteiger charge is -1.99. The molecule has 1 rings (SSSR count). The molecule has 0 saturated heterocycles. The number of phenolic OH excluding ortho intramolecular Hbond substituents is 1. The molecular weight excluding hydrogens is 205 g/mol. The van der Waals surface area contributed by atoms with Crippen LogP contribution in [0.1, 0.15) is 5.56 Å². The number of nitrogens with zero attached hydrogens (tertiary/aromatic N) is 1. The van der Waals surface area contributed by atoms with Gasteiger partial charge in [-0.2, -0.15) is 0 Å². The largest absolute Gasteiger partial charge is 0.500 e. The minimum atomic E-state index is -1.07. The van der Waals surface area contributed by atoms with Crippen LogP contribution < -0.4 is 0 Å². The van der Waals surface area contributed by atoms with Gasteiger partial charge < -0.3 is 10.2 Å². The van der Waals surface area contributed by atoms with Crippen LogP contribution in [0.25, 0.3) is 6.08 Å². The Morgan fingerprint density at radius 3 is 2.73 bits per heavy atom. The van der Waals surface area contributed by atoms with Gasteiger partial charge in [0, 0.05) is 6.07 Å². The maximum Gasteiger partial charge on any atom is 0.314 e. The molecule has 0 fully saturated rings. The van der Waals surface area contributed by atoms with Crippen LogP contribution in [0.4, 0.5) is 10.1 Å². The number of aromatic hydroxyl groups is 1. The Labute approximate surface area is 84.2 Å². The molecular formula is C9H8FNO4. The van der Waals surface area contributed by atoms with Gasteiger partial charge in [-0.3, -0.25) is 10.1 Å². The maximum atomic E-state index is 13.0. The van der Waals surface area contributed by atoms with E-state index in [4.69, 9.17) is 10.2 Å². The van der Waals surface area contributed by atoms with Gasteiger partial charge in [0.2, 0.25) is 5.75 Å². The molecule has 0 unspecified atom stereocenters. The molecule has 6 heteroatoms. The van der Waals surface area contributed by atoms with Gasteiger partial charge in [-0.05, 0) is 11.6 Å². The van der Waals surface area contributed by atoms with Crippen LogP contribution in [0.2, 0.25) is 0 Å². The van der Waals surface area contributed by atoms with Crippen molar-refractivity contribution in [2.24, 2.45) is 0 Å². The second-order valence-corrected chi connectivity index (χ2v) is 2.71. The number of phenols is 1. The number of benzene rings is 1. The molecule has 2 N–H and O–H groups in total. The number of halogens is 1. The Balaban J connectivity index is 3.23. The zero-order valence-corrected chi connectivity index (χ0v) is 7.55. The molecule has 0 aliphatic heterocycles. The van der Waals surface area contributed by atoms with Crippen molar-refractivity contribution in [3.63, 3.8) is 0 Å². The summed E-state index contributed by atoms with van der Waals surface area (Å²) in [6.45, 7) is -0.254. The molecule has 0 bridgehead atoms. The smallest absolute Gasteiger partial charge is 0.314 e. The van der Waals surface area contributed by atoms with Crippen LogP contribution in [0.15, 0.2) is 18.2 Å². The highest BCUT2D eigenvalue weighted by atomic mass is 19.1. The predicted octanol–water partition coefficient (Wildman–Crippen LogP) is 1.44. The van der Waals surface area contributed by atoms with Gasteiger partial charge in [0.1, 0.15) is 0 Å². The van der Waals surface area contributed by atoms with Crippen molar-refractivity contribution in [2.45, 2.75) is 0 Å². The molecule has 0 radical (unpaired) electrons. The average molecular weight is 213 g/mol. The lowest BCUT2D eigenvalue weighted by Crippen LogP contribution is -1.92. The summed E-state index contributed by atoms with van der Waals surface area (Å²) in [6.07, 6.45) is 2.62. The maximum absolute atomic E-state index is 13.0. The van der Waals surface area contributed by atoms with E-state index in [0.29, 0.717) is 0 Å². The van der Waals surface area contributed by atoms with E-state index in [0.717, 1.165) is 12.1 Å². The monoisotopic (exact) mass is 213 g/mol. The predicted molar refractivity (Wildman–Crippen MR) is 50.8 cm³/mol. The summed E-state index contributed by atoms with van der Waals surface area (Å²) in [5.41, 5.74) is -0.501. The molecule has 0 amide bonds. The Bertz CT molecular complexity index is 417. The van der Waals surface area contributed by atoms with E-state index in [-0.39, 0.29) is 12.2 Å². The molecule has 0 saturated carbocycles. The number of aliphatic hydroxyl groups is 1. The number of hydrogen-bond acceptors (Lipinski definition) is 4. The van der Waals surface area contributed by atoms with Crippen molar-refractivity contribution in [3.05, 3.63) is 39.7 Å². The van der Waals surface area contributed by atoms with Gasteiger partial charge in [-0.1, -0.05) is 12.2 Å². The Morgan fingerprint density at radius 1 is 1.53 bits per heavy atom. The van der Waals surface area contributed by atoms with E-state index >= 15 is 0 Å². The first-order chi connectivity index (χ1) is 7.06. The number of nitro benzene ring substituents is 1. The van der Waals surface area contributed by atoms with Crippen molar-refractivity contribution in [1.82, 2.24) is 0 Å². The average Bonchev–Trinajstić information content (AvgIpc) is 2.19. The molecule has 5 nitrogen and oxygen atoms in total. The van der Waals surface area contributed by atoms with Crippen molar-refractivity contribution >= 4 is 11.8 Å². The van der Waals surface area contributed by atoms with Gasteiger partial charge >= 0.3 is 5.69 Å². The normalized spacial score (nSPS) is 10.8. The van der Waals surface area contributed by atoms with Gasteiger partial charge in [-0.25, -0.2) is 4.39 Å². The van der Waals surface area contributed by atoms with Crippen molar-refractivity contribution in [3.8, 4) is 5.75 Å². The molecule has 0 aliphatic carbocycles. The molecule has 0 aromatic heterocycles. The van der Waals surface area contributed by atoms with Crippen LogP contribution in [0.5, 0.6) is 5.75 Å². The van der Waals surface area contributed by atoms with Crippen LogP contribution in [0, 0.1) is 15.9 Å². The van der Waals surface area contributed by atoms with Crippen LogP contribution in [-0.2, 0) is 0 Å². The highest BCUT2D eigenvalue weighted by Gasteiger charge is 2.18. The number of aliphatic hydroxyl groups excluding tert-OH is 1. The fourth-order valence-electron chi connectivity index (χ4n) is 1.03. The van der Waals surface area contributed by atoms with E-state index < -0.39 is 22.2 Å². The van der Waals surface area contributed by atoms with Crippen molar-refractivity contribution in [2.75, 3.05) is 6.61 Å². The Morgan fingerprint density at radius 2 is 2.20 bits per heavy atom. The van der Waals surface area contributed by atoms with Gasteiger partial charge in [0.25, 0.3) is 0 Å². The van der Waals surface area contributed by atoms with Gasteiger partial charge in [-0.15, -0.1) is 0 Å². The lowest BCUT2D eigenvalue weighted by molar-refractivity contribution is -0.386. The highest BCUT2D eigenvalue weighted by molar-refractivity contribution is 5.58. The second-order valence-electron chi connectivity index (χ2n) is 2.71. The molecule has 1 aromatic carbocycles. The third-order valence-corrected chi connectivity index (χ3v) is 1.68. The summed E-state index contributed by atoms with van der Waals surface area (Å²) in [7, 11) is 0. The van der Waals surface area contributed by atoms with E-state index in [2.05, 4.69) is 0 Å². The standard InChI is InChI=1S/C9H8FNO4/c10-7-4-6(2-1-3-12)5-8(9(7)13)11(14)15/h1-2,4-5,12-13H,3H2. The van der Waals surface area contributed by atoms with Crippen LogP contribution in [-0.4, -0.2) is 21.7 Å². The second kappa shape index (κ2) is 4.52. The summed E-state index contributed by atoms with van der Waals surface area (Å²) in [5.74, 6) is -2.05. The molecule has 80 valence electrons. The van der Waals surface area contributed by atoms with E-state index in [1.807, 2.05) is 0 Å². The summed E-state index contributed by atoms with van der Waals surface area (Å²) >= 11 is 0. The molecule has 0 aliphatic rings. The lowest BCUT2D eigenvalue weighted by atomic mass is 10.1. The fraction of sp³-hybridized carbons (Fsp3) is 0.111. The SMILES string of the molecule is O=[N+]([O-])c1cc(C=CCO)cc(F)c1O. The third-order valence-electron chi connectivity index (χ3n) is 1.68. The first-order valence-electron chi connectivity index (χ1n) is 4.00. The molecule has 0 atom stereocenters. The fourth-order valence-corrected chi connectivity index (χ4v) is 1.03. The number of hydrogen-bond donors (Lipinski definition) is 2. The summed E-state index contributed by atoms with van der Waals surface area (Å²) in [5, 5.41) is 27.9. The van der Waals surface area contributed by atoms with E-state index in [1.54, 1.807) is 0 Å². The van der Waals surface area contributed by atoms with Crippen molar-refractivity contribution < 1.29 is 19.5 Å². The zero-order chi connectivity index (χ0) is 11.4. The topological polar surface area (TPSA) is 83.6 Å². The number of rotatable bonds is 3. The third kappa shape index (κ3) is 2.50. The molecule has 0 heterocycles. The van der Waals surface area contributed by atoms with Crippen LogP contribution in [0.3, 0.4) is 0 Å². The quantitative estimate of drug-likeness (QED) is 0.587. The summed E-state index contributed by atoms with van der Waals surface area (Å²) in [6, 6.07) is 1.96. The summed E-state index contributed by atoms with van der Waals surface area (Å²) < 4.78 is 13.0. The summed E-state index contributed by atoms with van der Waals surface area (Å²) in [4.78, 5) is 9.53. The van der Waals surface area contributed by atoms with Crippen LogP contribution >= 0.6 is 0 Å². The minimum Gasteiger partial charge on any atom is -0.500 e. The molecule has 0 spiro atoms. The van der Waals surface area contributed by atoms with E-state index in [9.17, 15) is 14.5 Å². The first-order valence-corrected chi connectivity index (χ1v) is 4.00. The minimum absolute atomic E-state index is 0.200. The van der Waals surface area contributed by atoms with Gasteiger partial charge in [0.05, 0.1) is 11.5 Å². The molecule has 1 aromatic rings. The highest BCUT2D eigenvalue weighted by Crippen LogP contribution is 2.30.